The molecule has 2 aromatic rings. The van der Waals surface area contributed by atoms with Gasteiger partial charge in [-0.25, -0.2) is 0 Å². The van der Waals surface area contributed by atoms with Crippen molar-refractivity contribution < 1.29 is 9.15 Å². The standard InChI is InChI=1S/C13H16N2O2/c1-9(13-4-3-7-17-13)15-12-6-5-10(16-2)8-11(12)14/h3-9,15H,14H2,1-2H3. The maximum Gasteiger partial charge on any atom is 0.125 e. The van der Waals surface area contributed by atoms with Crippen LogP contribution in [0.3, 0.4) is 0 Å². The monoisotopic (exact) mass is 232 g/mol. The Morgan fingerprint density at radius 1 is 1.35 bits per heavy atom. The highest BCUT2D eigenvalue weighted by Gasteiger charge is 2.09. The number of furan rings is 1. The molecule has 0 saturated carbocycles. The van der Waals surface area contributed by atoms with Gasteiger partial charge in [0.15, 0.2) is 0 Å². The van der Waals surface area contributed by atoms with E-state index in [4.69, 9.17) is 14.9 Å². The van der Waals surface area contributed by atoms with Crippen LogP contribution in [0.1, 0.15) is 18.7 Å². The second kappa shape index (κ2) is 4.82. The summed E-state index contributed by atoms with van der Waals surface area (Å²) in [6.45, 7) is 2.02. The zero-order valence-electron chi connectivity index (χ0n) is 9.94. The van der Waals surface area contributed by atoms with Crippen LogP contribution in [0, 0.1) is 0 Å². The molecule has 17 heavy (non-hydrogen) atoms. The van der Waals surface area contributed by atoms with Crippen molar-refractivity contribution in [1.29, 1.82) is 0 Å². The average Bonchev–Trinajstić information content (AvgIpc) is 2.85. The lowest BCUT2D eigenvalue weighted by Gasteiger charge is -2.15. The van der Waals surface area contributed by atoms with Gasteiger partial charge in [-0.1, -0.05) is 0 Å². The predicted octanol–water partition coefficient (Wildman–Crippen LogP) is 3.04. The lowest BCUT2D eigenvalue weighted by Crippen LogP contribution is -2.07. The van der Waals surface area contributed by atoms with E-state index in [1.165, 1.54) is 0 Å². The van der Waals surface area contributed by atoms with Crippen molar-refractivity contribution in [3.8, 4) is 5.75 Å². The summed E-state index contributed by atoms with van der Waals surface area (Å²) in [4.78, 5) is 0. The number of ether oxygens (including phenoxy) is 1. The summed E-state index contributed by atoms with van der Waals surface area (Å²) in [5.74, 6) is 1.62. The molecule has 4 heteroatoms. The summed E-state index contributed by atoms with van der Waals surface area (Å²) in [6.07, 6.45) is 1.66. The van der Waals surface area contributed by atoms with Gasteiger partial charge in [-0.15, -0.1) is 0 Å². The van der Waals surface area contributed by atoms with E-state index in [1.54, 1.807) is 19.4 Å². The van der Waals surface area contributed by atoms with Gasteiger partial charge >= 0.3 is 0 Å². The molecule has 0 spiro atoms. The molecule has 3 N–H and O–H groups in total. The Balaban J connectivity index is 2.13. The summed E-state index contributed by atoms with van der Waals surface area (Å²) < 4.78 is 10.4. The molecule has 0 fully saturated rings. The fourth-order valence-corrected chi connectivity index (χ4v) is 1.64. The minimum Gasteiger partial charge on any atom is -0.497 e. The van der Waals surface area contributed by atoms with Crippen molar-refractivity contribution in [3.63, 3.8) is 0 Å². The third kappa shape index (κ3) is 2.53. The van der Waals surface area contributed by atoms with Gasteiger partial charge in [-0.2, -0.15) is 0 Å². The third-order valence-electron chi connectivity index (χ3n) is 2.60. The molecule has 0 amide bonds. The van der Waals surface area contributed by atoms with Crippen LogP contribution in [-0.4, -0.2) is 7.11 Å². The van der Waals surface area contributed by atoms with Crippen molar-refractivity contribution in [3.05, 3.63) is 42.4 Å². The molecule has 0 bridgehead atoms. The fourth-order valence-electron chi connectivity index (χ4n) is 1.64. The molecular weight excluding hydrogens is 216 g/mol. The van der Waals surface area contributed by atoms with Crippen LogP contribution in [0.25, 0.3) is 0 Å². The molecule has 1 aromatic carbocycles. The van der Waals surface area contributed by atoms with Crippen molar-refractivity contribution in [1.82, 2.24) is 0 Å². The van der Waals surface area contributed by atoms with Gasteiger partial charge in [0, 0.05) is 6.07 Å². The van der Waals surface area contributed by atoms with Crippen LogP contribution in [0.5, 0.6) is 5.75 Å². The van der Waals surface area contributed by atoms with Gasteiger partial charge in [0.05, 0.1) is 30.8 Å². The number of hydrogen-bond acceptors (Lipinski definition) is 4. The number of anilines is 2. The number of methoxy groups -OCH3 is 1. The van der Waals surface area contributed by atoms with Crippen LogP contribution < -0.4 is 15.8 Å². The molecule has 0 aliphatic rings. The molecule has 2 rings (SSSR count). The number of nitrogens with two attached hydrogens (primary N) is 1. The number of hydrogen-bond donors (Lipinski definition) is 2. The van der Waals surface area contributed by atoms with Crippen LogP contribution in [0.15, 0.2) is 41.0 Å². The molecule has 1 unspecified atom stereocenters. The lowest BCUT2D eigenvalue weighted by atomic mass is 10.2. The number of nitrogens with one attached hydrogen (secondary N) is 1. The quantitative estimate of drug-likeness (QED) is 0.795. The minimum absolute atomic E-state index is 0.0701. The molecule has 90 valence electrons. The highest BCUT2D eigenvalue weighted by Crippen LogP contribution is 2.27. The first kappa shape index (κ1) is 11.4. The number of benzene rings is 1. The summed E-state index contributed by atoms with van der Waals surface area (Å²) in [5, 5.41) is 3.29. The van der Waals surface area contributed by atoms with Crippen LogP contribution in [-0.2, 0) is 0 Å². The van der Waals surface area contributed by atoms with Gasteiger partial charge in [-0.3, -0.25) is 0 Å². The first-order chi connectivity index (χ1) is 8.20. The Bertz CT molecular complexity index is 480. The summed E-state index contributed by atoms with van der Waals surface area (Å²) in [7, 11) is 1.62. The Morgan fingerprint density at radius 3 is 2.76 bits per heavy atom. The Morgan fingerprint density at radius 2 is 2.18 bits per heavy atom. The normalized spacial score (nSPS) is 12.1. The molecular formula is C13H16N2O2. The molecule has 0 aliphatic carbocycles. The van der Waals surface area contributed by atoms with Gasteiger partial charge in [0.1, 0.15) is 11.5 Å². The van der Waals surface area contributed by atoms with Gasteiger partial charge in [0.25, 0.3) is 0 Å². The van der Waals surface area contributed by atoms with Crippen molar-refractivity contribution >= 4 is 11.4 Å². The molecule has 0 aliphatic heterocycles. The fraction of sp³-hybridized carbons (Fsp3) is 0.231. The van der Waals surface area contributed by atoms with E-state index in [2.05, 4.69) is 5.32 Å². The zero-order chi connectivity index (χ0) is 12.3. The number of nitrogen functional groups attached to an aromatic ring is 1. The molecule has 1 heterocycles. The van der Waals surface area contributed by atoms with Gasteiger partial charge < -0.3 is 20.2 Å². The van der Waals surface area contributed by atoms with Crippen LogP contribution in [0.2, 0.25) is 0 Å². The van der Waals surface area contributed by atoms with Crippen molar-refractivity contribution in [2.24, 2.45) is 0 Å². The first-order valence-corrected chi connectivity index (χ1v) is 5.44. The largest absolute Gasteiger partial charge is 0.497 e. The van der Waals surface area contributed by atoms with E-state index in [1.807, 2.05) is 31.2 Å². The van der Waals surface area contributed by atoms with Gasteiger partial charge in [0.2, 0.25) is 0 Å². The lowest BCUT2D eigenvalue weighted by molar-refractivity contribution is 0.415. The molecule has 1 aromatic heterocycles. The van der Waals surface area contributed by atoms with Crippen molar-refractivity contribution in [2.45, 2.75) is 13.0 Å². The van der Waals surface area contributed by atoms with E-state index < -0.39 is 0 Å². The SMILES string of the molecule is COc1ccc(NC(C)c2ccco2)c(N)c1. The summed E-state index contributed by atoms with van der Waals surface area (Å²) in [6, 6.07) is 9.42. The topological polar surface area (TPSA) is 60.4 Å². The predicted molar refractivity (Wildman–Crippen MR) is 68.2 cm³/mol. The smallest absolute Gasteiger partial charge is 0.125 e. The van der Waals surface area contributed by atoms with E-state index >= 15 is 0 Å². The highest BCUT2D eigenvalue weighted by molar-refractivity contribution is 5.68. The second-order valence-corrected chi connectivity index (χ2v) is 3.83. The maximum absolute atomic E-state index is 5.93. The van der Waals surface area contributed by atoms with E-state index in [9.17, 15) is 0 Å². The second-order valence-electron chi connectivity index (χ2n) is 3.83. The number of rotatable bonds is 4. The van der Waals surface area contributed by atoms with Crippen LogP contribution >= 0.6 is 0 Å². The van der Waals surface area contributed by atoms with Gasteiger partial charge in [-0.05, 0) is 31.2 Å². The molecule has 0 radical (unpaired) electrons. The van der Waals surface area contributed by atoms with Crippen molar-refractivity contribution in [2.75, 3.05) is 18.2 Å². The molecule has 0 saturated heterocycles. The Hall–Kier alpha value is -2.10. The third-order valence-corrected chi connectivity index (χ3v) is 2.60. The Labute approximate surface area is 100 Å². The summed E-state index contributed by atoms with van der Waals surface area (Å²) in [5.41, 5.74) is 7.45. The molecule has 4 nitrogen and oxygen atoms in total. The summed E-state index contributed by atoms with van der Waals surface area (Å²) >= 11 is 0. The van der Waals surface area contributed by atoms with Crippen LogP contribution in [0.4, 0.5) is 11.4 Å². The maximum atomic E-state index is 5.93. The highest BCUT2D eigenvalue weighted by atomic mass is 16.5. The first-order valence-electron chi connectivity index (χ1n) is 5.44. The van der Waals surface area contributed by atoms with E-state index in [0.29, 0.717) is 5.69 Å². The average molecular weight is 232 g/mol. The van der Waals surface area contributed by atoms with E-state index in [0.717, 1.165) is 17.2 Å². The minimum atomic E-state index is 0.0701. The van der Waals surface area contributed by atoms with E-state index in [-0.39, 0.29) is 6.04 Å². The molecule has 1 atom stereocenters. The Kier molecular flexibility index (Phi) is 3.23. The zero-order valence-corrected chi connectivity index (χ0v) is 9.94.